The molecular formula is C16H15F6N3O2. The SMILES string of the molecule is Cn1cc(C(=O)NCc2ccc(COCC(F)(F)F)cc2)c(C(F)(F)F)n1. The van der Waals surface area contributed by atoms with Crippen LogP contribution in [0.2, 0.25) is 0 Å². The second kappa shape index (κ2) is 7.99. The summed E-state index contributed by atoms with van der Waals surface area (Å²) in [5.41, 5.74) is -0.830. The lowest BCUT2D eigenvalue weighted by atomic mass is 10.1. The van der Waals surface area contributed by atoms with Gasteiger partial charge < -0.3 is 10.1 Å². The minimum absolute atomic E-state index is 0.0608. The number of rotatable bonds is 6. The van der Waals surface area contributed by atoms with Gasteiger partial charge in [0.05, 0.1) is 12.2 Å². The molecule has 27 heavy (non-hydrogen) atoms. The lowest BCUT2D eigenvalue weighted by Gasteiger charge is -2.09. The van der Waals surface area contributed by atoms with Crippen LogP contribution in [0.4, 0.5) is 26.3 Å². The molecule has 0 saturated heterocycles. The van der Waals surface area contributed by atoms with E-state index in [0.717, 1.165) is 10.9 Å². The summed E-state index contributed by atoms with van der Waals surface area (Å²) in [5, 5.41) is 5.60. The standard InChI is InChI=1S/C16H15F6N3O2/c1-25-7-12(13(24-25)16(20,21)22)14(26)23-6-10-2-4-11(5-3-10)8-27-9-15(17,18)19/h2-5,7H,6,8-9H2,1H3,(H,23,26). The third kappa shape index (κ3) is 6.27. The van der Waals surface area contributed by atoms with Gasteiger partial charge in [0.25, 0.3) is 5.91 Å². The van der Waals surface area contributed by atoms with Crippen molar-refractivity contribution in [2.75, 3.05) is 6.61 Å². The third-order valence-corrected chi connectivity index (χ3v) is 3.35. The quantitative estimate of drug-likeness (QED) is 0.763. The molecule has 148 valence electrons. The van der Waals surface area contributed by atoms with Gasteiger partial charge in [-0.15, -0.1) is 0 Å². The largest absolute Gasteiger partial charge is 0.435 e. The fraction of sp³-hybridized carbons (Fsp3) is 0.375. The number of alkyl halides is 6. The van der Waals surface area contributed by atoms with Crippen molar-refractivity contribution in [1.29, 1.82) is 0 Å². The van der Waals surface area contributed by atoms with Gasteiger partial charge in [-0.3, -0.25) is 9.48 Å². The molecule has 0 aliphatic heterocycles. The molecule has 5 nitrogen and oxygen atoms in total. The predicted octanol–water partition coefficient (Wildman–Crippen LogP) is 3.45. The number of nitrogens with one attached hydrogen (secondary N) is 1. The predicted molar refractivity (Wildman–Crippen MR) is 81.5 cm³/mol. The van der Waals surface area contributed by atoms with E-state index in [9.17, 15) is 31.1 Å². The maximum Gasteiger partial charge on any atom is 0.435 e. The van der Waals surface area contributed by atoms with Gasteiger partial charge in [-0.25, -0.2) is 0 Å². The number of halogens is 6. The number of nitrogens with zero attached hydrogens (tertiary/aromatic N) is 2. The van der Waals surface area contributed by atoms with E-state index in [2.05, 4.69) is 15.2 Å². The van der Waals surface area contributed by atoms with E-state index >= 15 is 0 Å². The summed E-state index contributed by atoms with van der Waals surface area (Å²) in [7, 11) is 1.27. The fourth-order valence-corrected chi connectivity index (χ4v) is 2.18. The van der Waals surface area contributed by atoms with Crippen LogP contribution < -0.4 is 5.32 Å². The van der Waals surface area contributed by atoms with Crippen LogP contribution in [0.25, 0.3) is 0 Å². The highest BCUT2D eigenvalue weighted by atomic mass is 19.4. The summed E-state index contributed by atoms with van der Waals surface area (Å²) >= 11 is 0. The molecule has 0 aliphatic carbocycles. The highest BCUT2D eigenvalue weighted by Gasteiger charge is 2.38. The normalized spacial score (nSPS) is 12.3. The molecule has 0 atom stereocenters. The van der Waals surface area contributed by atoms with E-state index in [1.54, 1.807) is 0 Å². The first-order valence-electron chi connectivity index (χ1n) is 7.57. The molecule has 0 saturated carbocycles. The molecule has 0 bridgehead atoms. The molecule has 0 aliphatic rings. The number of aryl methyl sites for hydroxylation is 1. The molecule has 1 aromatic heterocycles. The molecule has 0 spiro atoms. The van der Waals surface area contributed by atoms with E-state index in [4.69, 9.17) is 0 Å². The Balaban J connectivity index is 1.92. The number of ether oxygens (including phenoxy) is 1. The lowest BCUT2D eigenvalue weighted by Crippen LogP contribution is -2.25. The van der Waals surface area contributed by atoms with E-state index < -0.39 is 36.1 Å². The van der Waals surface area contributed by atoms with Gasteiger partial charge in [-0.2, -0.15) is 31.4 Å². The molecule has 0 fully saturated rings. The monoisotopic (exact) mass is 395 g/mol. The smallest absolute Gasteiger partial charge is 0.367 e. The van der Waals surface area contributed by atoms with E-state index in [1.807, 2.05) is 0 Å². The van der Waals surface area contributed by atoms with Crippen molar-refractivity contribution >= 4 is 5.91 Å². The summed E-state index contributed by atoms with van der Waals surface area (Å²) in [5.74, 6) is -0.937. The second-order valence-corrected chi connectivity index (χ2v) is 5.67. The molecule has 11 heteroatoms. The number of amides is 1. The Labute approximate surface area is 149 Å². The summed E-state index contributed by atoms with van der Waals surface area (Å²) in [6.07, 6.45) is -8.20. The Morgan fingerprint density at radius 2 is 1.70 bits per heavy atom. The van der Waals surface area contributed by atoms with E-state index in [-0.39, 0.29) is 13.2 Å². The van der Waals surface area contributed by atoms with Crippen molar-refractivity contribution in [1.82, 2.24) is 15.1 Å². The van der Waals surface area contributed by atoms with Gasteiger partial charge in [0.2, 0.25) is 0 Å². The fourth-order valence-electron chi connectivity index (χ4n) is 2.18. The summed E-state index contributed by atoms with van der Waals surface area (Å²) < 4.78 is 80.0. The molecule has 2 aromatic rings. The van der Waals surface area contributed by atoms with Crippen molar-refractivity contribution < 1.29 is 35.9 Å². The van der Waals surface area contributed by atoms with Crippen LogP contribution in [0.5, 0.6) is 0 Å². The number of aromatic nitrogens is 2. The van der Waals surface area contributed by atoms with Crippen LogP contribution in [0.15, 0.2) is 30.5 Å². The zero-order valence-electron chi connectivity index (χ0n) is 14.0. The van der Waals surface area contributed by atoms with Gasteiger partial charge in [0, 0.05) is 19.8 Å². The Morgan fingerprint density at radius 3 is 2.26 bits per heavy atom. The Bertz CT molecular complexity index is 781. The van der Waals surface area contributed by atoms with Gasteiger partial charge >= 0.3 is 12.4 Å². The first-order chi connectivity index (χ1) is 12.5. The van der Waals surface area contributed by atoms with Crippen LogP contribution in [-0.2, 0) is 31.1 Å². The van der Waals surface area contributed by atoms with Crippen LogP contribution >= 0.6 is 0 Å². The molecule has 1 N–H and O–H groups in total. The van der Waals surface area contributed by atoms with Crippen molar-refractivity contribution in [2.45, 2.75) is 25.5 Å². The first kappa shape index (κ1) is 20.7. The maximum atomic E-state index is 12.9. The molecular weight excluding hydrogens is 380 g/mol. The van der Waals surface area contributed by atoms with Crippen molar-refractivity contribution in [3.8, 4) is 0 Å². The van der Waals surface area contributed by atoms with Crippen molar-refractivity contribution in [3.05, 3.63) is 52.8 Å². The van der Waals surface area contributed by atoms with Crippen LogP contribution in [0.3, 0.4) is 0 Å². The average Bonchev–Trinajstić information content (AvgIpc) is 2.95. The maximum absolute atomic E-state index is 12.9. The molecule has 0 unspecified atom stereocenters. The minimum atomic E-state index is -4.76. The minimum Gasteiger partial charge on any atom is -0.367 e. The molecule has 1 aromatic carbocycles. The summed E-state index contributed by atoms with van der Waals surface area (Å²) in [6, 6.07) is 6.06. The van der Waals surface area contributed by atoms with E-state index in [0.29, 0.717) is 11.1 Å². The lowest BCUT2D eigenvalue weighted by molar-refractivity contribution is -0.176. The summed E-state index contributed by atoms with van der Waals surface area (Å²) in [4.78, 5) is 12.0. The van der Waals surface area contributed by atoms with Gasteiger partial charge in [-0.1, -0.05) is 24.3 Å². The van der Waals surface area contributed by atoms with Crippen LogP contribution in [-0.4, -0.2) is 28.5 Å². The van der Waals surface area contributed by atoms with Crippen molar-refractivity contribution in [3.63, 3.8) is 0 Å². The molecule has 2 rings (SSSR count). The first-order valence-corrected chi connectivity index (χ1v) is 7.57. The Hall–Kier alpha value is -2.56. The Kier molecular flexibility index (Phi) is 6.14. The van der Waals surface area contributed by atoms with E-state index in [1.165, 1.54) is 31.3 Å². The van der Waals surface area contributed by atoms with Gasteiger partial charge in [-0.05, 0) is 11.1 Å². The zero-order valence-corrected chi connectivity index (χ0v) is 14.0. The highest BCUT2D eigenvalue weighted by molar-refractivity contribution is 5.95. The van der Waals surface area contributed by atoms with Gasteiger partial charge in [0.1, 0.15) is 6.61 Å². The van der Waals surface area contributed by atoms with Gasteiger partial charge in [0.15, 0.2) is 5.69 Å². The van der Waals surface area contributed by atoms with Crippen LogP contribution in [0, 0.1) is 0 Å². The second-order valence-electron chi connectivity index (χ2n) is 5.67. The third-order valence-electron chi connectivity index (χ3n) is 3.35. The average molecular weight is 395 g/mol. The zero-order chi connectivity index (χ0) is 20.2. The number of benzene rings is 1. The highest BCUT2D eigenvalue weighted by Crippen LogP contribution is 2.30. The Morgan fingerprint density at radius 1 is 1.11 bits per heavy atom. The molecule has 1 heterocycles. The topological polar surface area (TPSA) is 56.2 Å². The number of carbonyl (C=O) groups is 1. The number of hydrogen-bond donors (Lipinski definition) is 1. The molecule has 1 amide bonds. The number of hydrogen-bond acceptors (Lipinski definition) is 3. The summed E-state index contributed by atoms with van der Waals surface area (Å²) in [6.45, 7) is -1.66. The van der Waals surface area contributed by atoms with Crippen LogP contribution in [0.1, 0.15) is 27.2 Å². The number of carbonyl (C=O) groups excluding carboxylic acids is 1. The molecule has 0 radical (unpaired) electrons. The van der Waals surface area contributed by atoms with Crippen molar-refractivity contribution in [2.24, 2.45) is 7.05 Å².